The van der Waals surface area contributed by atoms with Crippen LogP contribution in [0.15, 0.2) is 0 Å². The summed E-state index contributed by atoms with van der Waals surface area (Å²) in [6.07, 6.45) is 0.812. The Balaban J connectivity index is 2.62. The van der Waals surface area contributed by atoms with E-state index in [9.17, 15) is 10.2 Å². The second kappa shape index (κ2) is 5.45. The van der Waals surface area contributed by atoms with Crippen molar-refractivity contribution in [1.82, 2.24) is 0 Å². The van der Waals surface area contributed by atoms with E-state index in [4.69, 9.17) is 4.74 Å². The Labute approximate surface area is 93.6 Å². The van der Waals surface area contributed by atoms with Gasteiger partial charge >= 0.3 is 0 Å². The Kier molecular flexibility index (Phi) is 4.83. The molecule has 0 aliphatic carbocycles. The zero-order chi connectivity index (χ0) is 10.7. The number of halogens is 1. The van der Waals surface area contributed by atoms with Gasteiger partial charge < -0.3 is 14.9 Å². The predicted molar refractivity (Wildman–Crippen MR) is 58.6 cm³/mol. The lowest BCUT2D eigenvalue weighted by Crippen LogP contribution is -2.40. The van der Waals surface area contributed by atoms with Crippen molar-refractivity contribution in [3.05, 3.63) is 0 Å². The van der Waals surface area contributed by atoms with Crippen LogP contribution in [0.1, 0.15) is 33.1 Å². The van der Waals surface area contributed by atoms with Crippen molar-refractivity contribution >= 4 is 15.9 Å². The molecule has 4 heteroatoms. The van der Waals surface area contributed by atoms with Gasteiger partial charge in [0.15, 0.2) is 0 Å². The largest absolute Gasteiger partial charge is 0.390 e. The van der Waals surface area contributed by atoms with E-state index in [0.29, 0.717) is 12.8 Å². The van der Waals surface area contributed by atoms with Crippen LogP contribution in [-0.4, -0.2) is 39.5 Å². The number of hydrogen-bond acceptors (Lipinski definition) is 3. The molecule has 5 atom stereocenters. The van der Waals surface area contributed by atoms with Crippen LogP contribution in [0, 0.1) is 0 Å². The summed E-state index contributed by atoms with van der Waals surface area (Å²) in [6, 6.07) is 0. The minimum absolute atomic E-state index is 0.00458. The average molecular weight is 267 g/mol. The van der Waals surface area contributed by atoms with E-state index in [0.717, 1.165) is 6.42 Å². The van der Waals surface area contributed by atoms with Gasteiger partial charge in [-0.2, -0.15) is 0 Å². The van der Waals surface area contributed by atoms with Crippen molar-refractivity contribution in [2.24, 2.45) is 0 Å². The molecule has 1 aliphatic rings. The predicted octanol–water partition coefficient (Wildman–Crippen LogP) is 1.45. The van der Waals surface area contributed by atoms with E-state index in [1.54, 1.807) is 0 Å². The number of hydrogen-bond donors (Lipinski definition) is 2. The van der Waals surface area contributed by atoms with Crippen LogP contribution in [-0.2, 0) is 4.74 Å². The van der Waals surface area contributed by atoms with Gasteiger partial charge in [-0.15, -0.1) is 0 Å². The quantitative estimate of drug-likeness (QED) is 0.707. The van der Waals surface area contributed by atoms with Crippen molar-refractivity contribution < 1.29 is 14.9 Å². The zero-order valence-corrected chi connectivity index (χ0v) is 10.3. The highest BCUT2D eigenvalue weighted by Crippen LogP contribution is 2.25. The molecule has 14 heavy (non-hydrogen) atoms. The highest BCUT2D eigenvalue weighted by molar-refractivity contribution is 9.09. The smallest absolute Gasteiger partial charge is 0.0824 e. The second-order valence-corrected chi connectivity index (χ2v) is 5.19. The third-order valence-corrected chi connectivity index (χ3v) is 3.66. The average Bonchev–Trinajstić information content (AvgIpc) is 2.12. The van der Waals surface area contributed by atoms with Crippen LogP contribution < -0.4 is 0 Å². The number of alkyl halides is 1. The summed E-state index contributed by atoms with van der Waals surface area (Å²) in [6.45, 7) is 4.00. The molecular weight excluding hydrogens is 248 g/mol. The summed E-state index contributed by atoms with van der Waals surface area (Å²) < 4.78 is 5.75. The lowest BCUT2D eigenvalue weighted by Gasteiger charge is -2.33. The van der Waals surface area contributed by atoms with Crippen LogP contribution in [0.5, 0.6) is 0 Å². The fourth-order valence-electron chi connectivity index (χ4n) is 1.83. The zero-order valence-electron chi connectivity index (χ0n) is 8.69. The number of ether oxygens (including phenoxy) is 1. The van der Waals surface area contributed by atoms with Gasteiger partial charge in [0.1, 0.15) is 0 Å². The first kappa shape index (κ1) is 12.4. The maximum atomic E-state index is 9.65. The molecule has 1 saturated heterocycles. The van der Waals surface area contributed by atoms with Crippen molar-refractivity contribution in [3.63, 3.8) is 0 Å². The second-order valence-electron chi connectivity index (χ2n) is 4.02. The summed E-state index contributed by atoms with van der Waals surface area (Å²) in [4.78, 5) is 0.125. The minimum Gasteiger partial charge on any atom is -0.390 e. The van der Waals surface area contributed by atoms with Crippen molar-refractivity contribution in [3.8, 4) is 0 Å². The Hall–Kier alpha value is 0.360. The molecule has 0 bridgehead atoms. The highest BCUT2D eigenvalue weighted by atomic mass is 79.9. The monoisotopic (exact) mass is 266 g/mol. The summed E-state index contributed by atoms with van der Waals surface area (Å²) in [7, 11) is 0. The fourth-order valence-corrected chi connectivity index (χ4v) is 2.71. The van der Waals surface area contributed by atoms with E-state index in [2.05, 4.69) is 22.9 Å². The topological polar surface area (TPSA) is 49.7 Å². The molecule has 84 valence electrons. The third kappa shape index (κ3) is 3.19. The molecule has 0 aromatic carbocycles. The van der Waals surface area contributed by atoms with Gasteiger partial charge in [-0.1, -0.05) is 22.9 Å². The first-order valence-electron chi connectivity index (χ1n) is 5.20. The molecule has 1 rings (SSSR count). The van der Waals surface area contributed by atoms with Crippen molar-refractivity contribution in [2.45, 2.75) is 62.4 Å². The first-order valence-corrected chi connectivity index (χ1v) is 6.11. The maximum Gasteiger partial charge on any atom is 0.0824 e. The van der Waals surface area contributed by atoms with Crippen LogP contribution in [0.25, 0.3) is 0 Å². The fraction of sp³-hybridized carbons (Fsp3) is 1.00. The molecule has 1 heterocycles. The first-order chi connectivity index (χ1) is 6.54. The molecule has 5 unspecified atom stereocenters. The lowest BCUT2D eigenvalue weighted by molar-refractivity contribution is -0.0810. The molecule has 3 nitrogen and oxygen atoms in total. The van der Waals surface area contributed by atoms with Crippen LogP contribution in [0.3, 0.4) is 0 Å². The Morgan fingerprint density at radius 3 is 2.43 bits per heavy atom. The normalized spacial score (nSPS) is 45.6. The standard InChI is InChI=1S/C10H19BrO3/c1-3-10-7(11)5-9(13)8(12)4-6(2)14-10/h6-10,12-13H,3-5H2,1-2H3. The van der Waals surface area contributed by atoms with Gasteiger partial charge in [-0.05, 0) is 19.8 Å². The molecule has 0 spiro atoms. The van der Waals surface area contributed by atoms with Crippen LogP contribution >= 0.6 is 15.9 Å². The molecule has 0 amide bonds. The van der Waals surface area contributed by atoms with Crippen molar-refractivity contribution in [2.75, 3.05) is 0 Å². The lowest BCUT2D eigenvalue weighted by atomic mass is 9.98. The summed E-state index contributed by atoms with van der Waals surface area (Å²) in [5.74, 6) is 0. The van der Waals surface area contributed by atoms with Gasteiger partial charge in [-0.3, -0.25) is 0 Å². The molecule has 2 N–H and O–H groups in total. The molecule has 1 fully saturated rings. The molecule has 0 aromatic heterocycles. The Bertz CT molecular complexity index is 177. The Morgan fingerprint density at radius 1 is 1.29 bits per heavy atom. The third-order valence-electron chi connectivity index (χ3n) is 2.70. The number of aliphatic hydroxyl groups is 2. The van der Waals surface area contributed by atoms with E-state index >= 15 is 0 Å². The maximum absolute atomic E-state index is 9.65. The summed E-state index contributed by atoms with van der Waals surface area (Å²) >= 11 is 3.50. The van der Waals surface area contributed by atoms with Crippen LogP contribution in [0.2, 0.25) is 0 Å². The highest BCUT2D eigenvalue weighted by Gasteiger charge is 2.30. The minimum atomic E-state index is -0.664. The van der Waals surface area contributed by atoms with Gasteiger partial charge in [0.05, 0.1) is 24.4 Å². The molecule has 0 aromatic rings. The van der Waals surface area contributed by atoms with Gasteiger partial charge in [0, 0.05) is 11.2 Å². The molecule has 1 aliphatic heterocycles. The van der Waals surface area contributed by atoms with Crippen molar-refractivity contribution in [1.29, 1.82) is 0 Å². The van der Waals surface area contributed by atoms with E-state index in [1.165, 1.54) is 0 Å². The van der Waals surface area contributed by atoms with Gasteiger partial charge in [0.25, 0.3) is 0 Å². The number of rotatable bonds is 1. The molecular formula is C10H19BrO3. The molecule has 0 radical (unpaired) electrons. The summed E-state index contributed by atoms with van der Waals surface area (Å²) in [5, 5.41) is 19.2. The summed E-state index contributed by atoms with van der Waals surface area (Å²) in [5.41, 5.74) is 0. The van der Waals surface area contributed by atoms with Crippen LogP contribution in [0.4, 0.5) is 0 Å². The van der Waals surface area contributed by atoms with E-state index < -0.39 is 12.2 Å². The van der Waals surface area contributed by atoms with Gasteiger partial charge in [0.2, 0.25) is 0 Å². The Morgan fingerprint density at radius 2 is 1.86 bits per heavy atom. The van der Waals surface area contributed by atoms with Gasteiger partial charge in [-0.25, -0.2) is 0 Å². The SMILES string of the molecule is CCC1OC(C)CC(O)C(O)CC1Br. The van der Waals surface area contributed by atoms with E-state index in [-0.39, 0.29) is 17.0 Å². The number of aliphatic hydroxyl groups excluding tert-OH is 2. The molecule has 0 saturated carbocycles. The van der Waals surface area contributed by atoms with E-state index in [1.807, 2.05) is 6.92 Å².